The molecule has 3 aromatic carbocycles. The number of amides is 1. The molecule has 3 aromatic rings. The van der Waals surface area contributed by atoms with Gasteiger partial charge in [0, 0.05) is 12.1 Å². The van der Waals surface area contributed by atoms with E-state index in [0.29, 0.717) is 10.1 Å². The van der Waals surface area contributed by atoms with Gasteiger partial charge < -0.3 is 14.8 Å². The average Bonchev–Trinajstić information content (AvgIpc) is 2.83. The van der Waals surface area contributed by atoms with E-state index < -0.39 is 33.2 Å². The van der Waals surface area contributed by atoms with Gasteiger partial charge in [-0.1, -0.05) is 12.1 Å². The topological polar surface area (TPSA) is 128 Å². The standard InChI is InChI=1S/C22H20FN3O7S/c1-32-16-8-10-17(11-9-16)34(30,31)25(20-6-4-3-5-18(20)23)14-22(27)24-19-13-15(26(28)29)7-12-21(19)33-2/h3-13H,14H2,1-2H3,(H,24,27). The zero-order valence-corrected chi connectivity index (χ0v) is 18.9. The number of sulfonamides is 1. The van der Waals surface area contributed by atoms with Gasteiger partial charge in [-0.25, -0.2) is 12.8 Å². The lowest BCUT2D eigenvalue weighted by Crippen LogP contribution is -2.38. The smallest absolute Gasteiger partial charge is 0.271 e. The SMILES string of the molecule is COc1ccc(S(=O)(=O)N(CC(=O)Nc2cc([N+](=O)[O-])ccc2OC)c2ccccc2F)cc1. The zero-order valence-electron chi connectivity index (χ0n) is 18.1. The van der Waals surface area contributed by atoms with Crippen molar-refractivity contribution in [1.82, 2.24) is 0 Å². The fraction of sp³-hybridized carbons (Fsp3) is 0.136. The Labute approximate surface area is 194 Å². The van der Waals surface area contributed by atoms with Crippen LogP contribution < -0.4 is 19.1 Å². The van der Waals surface area contributed by atoms with Crippen molar-refractivity contribution in [2.45, 2.75) is 4.90 Å². The van der Waals surface area contributed by atoms with E-state index in [9.17, 15) is 27.7 Å². The molecule has 0 heterocycles. The highest BCUT2D eigenvalue weighted by Crippen LogP contribution is 2.30. The molecular formula is C22H20FN3O7S. The molecule has 10 nitrogen and oxygen atoms in total. The summed E-state index contributed by atoms with van der Waals surface area (Å²) in [4.78, 5) is 23.1. The van der Waals surface area contributed by atoms with Gasteiger partial charge >= 0.3 is 0 Å². The molecule has 12 heteroatoms. The lowest BCUT2D eigenvalue weighted by atomic mass is 10.2. The second-order valence-corrected chi connectivity index (χ2v) is 8.69. The van der Waals surface area contributed by atoms with Crippen molar-refractivity contribution in [2.24, 2.45) is 0 Å². The van der Waals surface area contributed by atoms with Crippen molar-refractivity contribution in [3.63, 3.8) is 0 Å². The second-order valence-electron chi connectivity index (χ2n) is 6.83. The quantitative estimate of drug-likeness (QED) is 0.359. The van der Waals surface area contributed by atoms with E-state index in [1.54, 1.807) is 0 Å². The van der Waals surface area contributed by atoms with Gasteiger partial charge in [0.15, 0.2) is 0 Å². The number of ether oxygens (including phenoxy) is 2. The second kappa shape index (κ2) is 10.2. The van der Waals surface area contributed by atoms with Crippen LogP contribution in [0.1, 0.15) is 0 Å². The summed E-state index contributed by atoms with van der Waals surface area (Å²) in [5, 5.41) is 13.5. The molecule has 1 amide bonds. The Hall–Kier alpha value is -4.19. The highest BCUT2D eigenvalue weighted by Gasteiger charge is 2.29. The number of methoxy groups -OCH3 is 2. The summed E-state index contributed by atoms with van der Waals surface area (Å²) in [5.41, 5.74) is -0.704. The number of nitro benzene ring substituents is 1. The number of non-ortho nitro benzene ring substituents is 1. The number of para-hydroxylation sites is 1. The van der Waals surface area contributed by atoms with Crippen LogP contribution in [0, 0.1) is 15.9 Å². The van der Waals surface area contributed by atoms with Gasteiger partial charge in [-0.2, -0.15) is 0 Å². The molecule has 0 bridgehead atoms. The van der Waals surface area contributed by atoms with E-state index in [1.165, 1.54) is 68.8 Å². The number of nitrogens with zero attached hydrogens (tertiary/aromatic N) is 2. The van der Waals surface area contributed by atoms with Gasteiger partial charge in [-0.3, -0.25) is 19.2 Å². The Morgan fingerprint density at radius 1 is 1.06 bits per heavy atom. The highest BCUT2D eigenvalue weighted by atomic mass is 32.2. The molecule has 0 aliphatic rings. The number of nitro groups is 1. The van der Waals surface area contributed by atoms with Gasteiger partial charge in [-0.05, 0) is 42.5 Å². The minimum atomic E-state index is -4.39. The van der Waals surface area contributed by atoms with Gasteiger partial charge in [0.25, 0.3) is 15.7 Å². The first kappa shape index (κ1) is 24.5. The van der Waals surface area contributed by atoms with Crippen molar-refractivity contribution in [3.8, 4) is 11.5 Å². The molecule has 1 N–H and O–H groups in total. The van der Waals surface area contributed by atoms with Gasteiger partial charge in [0.2, 0.25) is 5.91 Å². The Bertz CT molecular complexity index is 1310. The maximum absolute atomic E-state index is 14.6. The third-order valence-electron chi connectivity index (χ3n) is 4.72. The first-order valence-electron chi connectivity index (χ1n) is 9.71. The summed E-state index contributed by atoms with van der Waals surface area (Å²) in [6.45, 7) is -0.818. The summed E-state index contributed by atoms with van der Waals surface area (Å²) in [7, 11) is -1.67. The van der Waals surface area contributed by atoms with Crippen LogP contribution in [0.3, 0.4) is 0 Å². The number of nitrogens with one attached hydrogen (secondary N) is 1. The van der Waals surface area contributed by atoms with Gasteiger partial charge in [0.1, 0.15) is 23.9 Å². The van der Waals surface area contributed by atoms with E-state index in [-0.39, 0.29) is 27.7 Å². The fourth-order valence-electron chi connectivity index (χ4n) is 3.06. The maximum atomic E-state index is 14.6. The monoisotopic (exact) mass is 489 g/mol. The molecule has 34 heavy (non-hydrogen) atoms. The summed E-state index contributed by atoms with van der Waals surface area (Å²) >= 11 is 0. The molecular weight excluding hydrogens is 469 g/mol. The minimum absolute atomic E-state index is 0.0444. The Kier molecular flexibility index (Phi) is 7.31. The van der Waals surface area contributed by atoms with E-state index in [1.807, 2.05) is 0 Å². The predicted octanol–water partition coefficient (Wildman–Crippen LogP) is 3.59. The predicted molar refractivity (Wildman–Crippen MR) is 122 cm³/mol. The number of hydrogen-bond acceptors (Lipinski definition) is 7. The lowest BCUT2D eigenvalue weighted by Gasteiger charge is -2.24. The van der Waals surface area contributed by atoms with Crippen LogP contribution in [0.15, 0.2) is 71.6 Å². The van der Waals surface area contributed by atoms with Crippen molar-refractivity contribution >= 4 is 33.0 Å². The van der Waals surface area contributed by atoms with E-state index in [4.69, 9.17) is 9.47 Å². The van der Waals surface area contributed by atoms with Crippen molar-refractivity contribution in [3.05, 3.63) is 82.7 Å². The molecule has 0 aliphatic carbocycles. The molecule has 0 aromatic heterocycles. The molecule has 0 atom stereocenters. The summed E-state index contributed by atoms with van der Waals surface area (Å²) < 4.78 is 52.1. The zero-order chi connectivity index (χ0) is 24.9. The first-order valence-corrected chi connectivity index (χ1v) is 11.1. The summed E-state index contributed by atoms with van der Waals surface area (Å²) in [5.74, 6) is -1.21. The van der Waals surface area contributed by atoms with Crippen LogP contribution in [-0.4, -0.2) is 40.0 Å². The molecule has 0 spiro atoms. The molecule has 0 saturated heterocycles. The number of halogens is 1. The normalized spacial score (nSPS) is 10.9. The van der Waals surface area contributed by atoms with Crippen molar-refractivity contribution in [1.29, 1.82) is 0 Å². The van der Waals surface area contributed by atoms with Crippen LogP contribution in [0.25, 0.3) is 0 Å². The van der Waals surface area contributed by atoms with Crippen molar-refractivity contribution < 1.29 is 32.0 Å². The first-order chi connectivity index (χ1) is 16.2. The van der Waals surface area contributed by atoms with Crippen LogP contribution in [0.4, 0.5) is 21.5 Å². The Morgan fingerprint density at radius 2 is 1.74 bits per heavy atom. The minimum Gasteiger partial charge on any atom is -0.497 e. The summed E-state index contributed by atoms with van der Waals surface area (Å²) in [6, 6.07) is 14.0. The molecule has 0 radical (unpaired) electrons. The molecule has 3 rings (SSSR count). The number of carbonyl (C=O) groups is 1. The lowest BCUT2D eigenvalue weighted by molar-refractivity contribution is -0.384. The Morgan fingerprint density at radius 3 is 2.32 bits per heavy atom. The Balaban J connectivity index is 1.98. The number of hydrogen-bond donors (Lipinski definition) is 1. The third kappa shape index (κ3) is 5.23. The van der Waals surface area contributed by atoms with Gasteiger partial charge in [0.05, 0.1) is 35.4 Å². The van der Waals surface area contributed by atoms with Gasteiger partial charge in [-0.15, -0.1) is 0 Å². The van der Waals surface area contributed by atoms with E-state index >= 15 is 0 Å². The van der Waals surface area contributed by atoms with E-state index in [2.05, 4.69) is 5.32 Å². The summed E-state index contributed by atoms with van der Waals surface area (Å²) in [6.07, 6.45) is 0. The highest BCUT2D eigenvalue weighted by molar-refractivity contribution is 7.92. The molecule has 0 aliphatic heterocycles. The molecule has 178 valence electrons. The number of benzene rings is 3. The number of anilines is 2. The third-order valence-corrected chi connectivity index (χ3v) is 6.50. The van der Waals surface area contributed by atoms with Crippen LogP contribution in [0.5, 0.6) is 11.5 Å². The largest absolute Gasteiger partial charge is 0.497 e. The molecule has 0 unspecified atom stereocenters. The molecule has 0 saturated carbocycles. The fourth-order valence-corrected chi connectivity index (χ4v) is 4.48. The van der Waals surface area contributed by atoms with Crippen molar-refractivity contribution in [2.75, 3.05) is 30.4 Å². The van der Waals surface area contributed by atoms with Crippen LogP contribution in [0.2, 0.25) is 0 Å². The number of rotatable bonds is 9. The average molecular weight is 489 g/mol. The number of carbonyl (C=O) groups excluding carboxylic acids is 1. The van der Waals surface area contributed by atoms with Crippen LogP contribution >= 0.6 is 0 Å². The maximum Gasteiger partial charge on any atom is 0.271 e. The molecule has 0 fully saturated rings. The van der Waals surface area contributed by atoms with Crippen LogP contribution in [-0.2, 0) is 14.8 Å². The van der Waals surface area contributed by atoms with E-state index in [0.717, 1.165) is 12.1 Å².